The molecule has 0 aliphatic heterocycles. The molecule has 1 N–H and O–H groups in total. The van der Waals surface area contributed by atoms with Crippen molar-refractivity contribution in [3.63, 3.8) is 0 Å². The van der Waals surface area contributed by atoms with Crippen LogP contribution in [-0.4, -0.2) is 31.9 Å². The maximum absolute atomic E-state index is 12.6. The summed E-state index contributed by atoms with van der Waals surface area (Å²) >= 11 is 1.35. The third-order valence-corrected chi connectivity index (χ3v) is 6.00. The van der Waals surface area contributed by atoms with Crippen LogP contribution in [0, 0.1) is 19.8 Å². The van der Waals surface area contributed by atoms with Gasteiger partial charge in [-0.1, -0.05) is 48.2 Å². The molecule has 1 aliphatic rings. The van der Waals surface area contributed by atoms with Gasteiger partial charge in [-0.3, -0.25) is 4.79 Å². The van der Waals surface area contributed by atoms with Gasteiger partial charge < -0.3 is 5.32 Å². The Labute approximate surface area is 168 Å². The van der Waals surface area contributed by atoms with Gasteiger partial charge in [-0.15, -0.1) is 5.10 Å². The van der Waals surface area contributed by atoms with Crippen LogP contribution in [0.3, 0.4) is 0 Å². The molecule has 1 amide bonds. The quantitative estimate of drug-likeness (QED) is 0.621. The van der Waals surface area contributed by atoms with E-state index in [0.717, 1.165) is 18.5 Å². The van der Waals surface area contributed by atoms with Crippen LogP contribution in [0.5, 0.6) is 0 Å². The van der Waals surface area contributed by atoms with Gasteiger partial charge in [0.25, 0.3) is 0 Å². The number of aryl methyl sites for hydroxylation is 2. The minimum Gasteiger partial charge on any atom is -0.348 e. The van der Waals surface area contributed by atoms with Crippen LogP contribution in [0.2, 0.25) is 0 Å². The van der Waals surface area contributed by atoms with E-state index in [2.05, 4.69) is 46.8 Å². The predicted molar refractivity (Wildman–Crippen MR) is 109 cm³/mol. The first-order valence-corrected chi connectivity index (χ1v) is 10.4. The zero-order valence-corrected chi connectivity index (χ0v) is 16.8. The van der Waals surface area contributed by atoms with Crippen molar-refractivity contribution in [2.24, 2.45) is 5.92 Å². The van der Waals surface area contributed by atoms with Gasteiger partial charge in [0.2, 0.25) is 11.1 Å². The van der Waals surface area contributed by atoms with E-state index in [4.69, 9.17) is 0 Å². The number of carbonyl (C=O) groups is 1. The number of aromatic nitrogens is 4. The van der Waals surface area contributed by atoms with Gasteiger partial charge >= 0.3 is 0 Å². The smallest absolute Gasteiger partial charge is 0.230 e. The third kappa shape index (κ3) is 4.25. The average molecular weight is 394 g/mol. The summed E-state index contributed by atoms with van der Waals surface area (Å²) in [5.41, 5.74) is 4.47. The minimum atomic E-state index is 0.000361. The molecule has 0 saturated heterocycles. The summed E-state index contributed by atoms with van der Waals surface area (Å²) in [5, 5.41) is 15.8. The van der Waals surface area contributed by atoms with E-state index in [9.17, 15) is 4.79 Å². The molecule has 28 heavy (non-hydrogen) atoms. The summed E-state index contributed by atoms with van der Waals surface area (Å²) in [6.45, 7) is 4.13. The van der Waals surface area contributed by atoms with E-state index < -0.39 is 0 Å². The van der Waals surface area contributed by atoms with Gasteiger partial charge in [0.15, 0.2) is 0 Å². The fourth-order valence-corrected chi connectivity index (χ4v) is 3.90. The molecule has 1 atom stereocenters. The first kappa shape index (κ1) is 18.7. The molecule has 0 spiro atoms. The molecule has 1 aliphatic carbocycles. The largest absolute Gasteiger partial charge is 0.348 e. The molecule has 6 nitrogen and oxygen atoms in total. The van der Waals surface area contributed by atoms with Gasteiger partial charge in [0.1, 0.15) is 0 Å². The SMILES string of the molecule is Cc1ccc(-n2nnnc2SCC(=O)NC(c2ccccc2)C2CC2)cc1C. The molecule has 144 valence electrons. The molecule has 1 fully saturated rings. The zero-order chi connectivity index (χ0) is 19.5. The standard InChI is InChI=1S/C21H23N5OS/c1-14-8-11-18(12-15(14)2)26-21(23-24-25-26)28-13-19(27)22-20(17-9-10-17)16-6-4-3-5-7-16/h3-8,11-12,17,20H,9-10,13H2,1-2H3,(H,22,27). The highest BCUT2D eigenvalue weighted by Crippen LogP contribution is 2.41. The molecule has 7 heteroatoms. The fourth-order valence-electron chi connectivity index (χ4n) is 3.20. The Morgan fingerprint density at radius 3 is 2.68 bits per heavy atom. The predicted octanol–water partition coefficient (Wildman–Crippen LogP) is 3.64. The van der Waals surface area contributed by atoms with E-state index in [1.54, 1.807) is 4.68 Å². The van der Waals surface area contributed by atoms with Gasteiger partial charge in [-0.05, 0) is 71.9 Å². The number of hydrogen-bond donors (Lipinski definition) is 1. The van der Waals surface area contributed by atoms with Gasteiger partial charge in [-0.2, -0.15) is 4.68 Å². The molecule has 0 radical (unpaired) electrons. The number of tetrazole rings is 1. The topological polar surface area (TPSA) is 72.7 Å². The third-order valence-electron chi connectivity index (χ3n) is 5.08. The number of hydrogen-bond acceptors (Lipinski definition) is 5. The minimum absolute atomic E-state index is 0.000361. The monoisotopic (exact) mass is 393 g/mol. The van der Waals surface area contributed by atoms with Crippen molar-refractivity contribution in [3.8, 4) is 5.69 Å². The van der Waals surface area contributed by atoms with E-state index in [0.29, 0.717) is 11.1 Å². The van der Waals surface area contributed by atoms with Crippen LogP contribution in [0.1, 0.15) is 35.6 Å². The second-order valence-corrected chi connectivity index (χ2v) is 8.17. The van der Waals surface area contributed by atoms with Crippen molar-refractivity contribution in [1.82, 2.24) is 25.5 Å². The van der Waals surface area contributed by atoms with Crippen molar-refractivity contribution in [3.05, 3.63) is 65.2 Å². The number of thioether (sulfide) groups is 1. The molecule has 1 unspecified atom stereocenters. The maximum Gasteiger partial charge on any atom is 0.230 e. The van der Waals surface area contributed by atoms with Crippen molar-refractivity contribution in [2.75, 3.05) is 5.75 Å². The first-order chi connectivity index (χ1) is 13.6. The van der Waals surface area contributed by atoms with E-state index >= 15 is 0 Å². The summed E-state index contributed by atoms with van der Waals surface area (Å²) in [4.78, 5) is 12.6. The molecular formula is C21H23N5OS. The molecular weight excluding hydrogens is 370 g/mol. The van der Waals surface area contributed by atoms with E-state index in [-0.39, 0.29) is 17.7 Å². The lowest BCUT2D eigenvalue weighted by molar-refractivity contribution is -0.119. The highest BCUT2D eigenvalue weighted by atomic mass is 32.2. The molecule has 2 aromatic carbocycles. The summed E-state index contributed by atoms with van der Waals surface area (Å²) in [7, 11) is 0. The zero-order valence-electron chi connectivity index (χ0n) is 16.0. The summed E-state index contributed by atoms with van der Waals surface area (Å²) in [6, 6.07) is 16.4. The maximum atomic E-state index is 12.6. The Kier molecular flexibility index (Phi) is 5.43. The van der Waals surface area contributed by atoms with Crippen LogP contribution < -0.4 is 5.32 Å². The second kappa shape index (κ2) is 8.14. The van der Waals surface area contributed by atoms with Crippen molar-refractivity contribution in [1.29, 1.82) is 0 Å². The van der Waals surface area contributed by atoms with Crippen molar-refractivity contribution >= 4 is 17.7 Å². The summed E-state index contributed by atoms with van der Waals surface area (Å²) in [5.74, 6) is 0.818. The number of nitrogens with one attached hydrogen (secondary N) is 1. The fraction of sp³-hybridized carbons (Fsp3) is 0.333. The van der Waals surface area contributed by atoms with Crippen LogP contribution in [0.15, 0.2) is 53.7 Å². The number of nitrogens with zero attached hydrogens (tertiary/aromatic N) is 4. The second-order valence-electron chi connectivity index (χ2n) is 7.22. The van der Waals surface area contributed by atoms with E-state index in [1.165, 1.54) is 28.5 Å². The van der Waals surface area contributed by atoms with Crippen LogP contribution in [0.25, 0.3) is 5.69 Å². The number of carbonyl (C=O) groups excluding carboxylic acids is 1. The molecule has 0 bridgehead atoms. The lowest BCUT2D eigenvalue weighted by Gasteiger charge is -2.18. The van der Waals surface area contributed by atoms with Crippen LogP contribution in [-0.2, 0) is 4.79 Å². The molecule has 4 rings (SSSR count). The number of benzene rings is 2. The summed E-state index contributed by atoms with van der Waals surface area (Å²) < 4.78 is 1.68. The average Bonchev–Trinajstić information content (AvgIpc) is 3.44. The number of rotatable bonds is 7. The molecule has 1 heterocycles. The van der Waals surface area contributed by atoms with Crippen LogP contribution >= 0.6 is 11.8 Å². The van der Waals surface area contributed by atoms with Gasteiger partial charge in [-0.25, -0.2) is 0 Å². The Hall–Kier alpha value is -2.67. The Morgan fingerprint density at radius 1 is 1.18 bits per heavy atom. The Balaban J connectivity index is 1.41. The molecule has 3 aromatic rings. The van der Waals surface area contributed by atoms with Crippen molar-refractivity contribution in [2.45, 2.75) is 37.9 Å². The normalized spacial score (nSPS) is 14.6. The van der Waals surface area contributed by atoms with Gasteiger partial charge in [0, 0.05) is 0 Å². The highest BCUT2D eigenvalue weighted by molar-refractivity contribution is 7.99. The Bertz CT molecular complexity index is 968. The highest BCUT2D eigenvalue weighted by Gasteiger charge is 2.33. The molecule has 1 aromatic heterocycles. The first-order valence-electron chi connectivity index (χ1n) is 9.45. The lowest BCUT2D eigenvalue weighted by atomic mass is 10.0. The van der Waals surface area contributed by atoms with E-state index in [1.807, 2.05) is 36.4 Å². The van der Waals surface area contributed by atoms with Crippen LogP contribution in [0.4, 0.5) is 0 Å². The Morgan fingerprint density at radius 2 is 1.96 bits per heavy atom. The lowest BCUT2D eigenvalue weighted by Crippen LogP contribution is -2.31. The van der Waals surface area contributed by atoms with Gasteiger partial charge in [0.05, 0.1) is 17.5 Å². The van der Waals surface area contributed by atoms with Crippen molar-refractivity contribution < 1.29 is 4.79 Å². The number of amides is 1. The summed E-state index contributed by atoms with van der Waals surface area (Å²) in [6.07, 6.45) is 2.33. The molecule has 1 saturated carbocycles.